The third-order valence-electron chi connectivity index (χ3n) is 4.50. The summed E-state index contributed by atoms with van der Waals surface area (Å²) in [6.07, 6.45) is 0. The van der Waals surface area contributed by atoms with Crippen molar-refractivity contribution in [2.24, 2.45) is 0 Å². The molecule has 0 atom stereocenters. The number of phenols is 4. The Kier molecular flexibility index (Phi) is 95.0. The van der Waals surface area contributed by atoms with E-state index in [1.54, 1.807) is 0 Å². The van der Waals surface area contributed by atoms with Gasteiger partial charge in [-0.1, -0.05) is 0 Å². The molecular formula is C24H64O32S4Zn2+12. The van der Waals surface area contributed by atoms with E-state index in [-0.39, 0.29) is 169 Å². The van der Waals surface area contributed by atoms with Gasteiger partial charge in [-0.05, 0) is 97.1 Å². The molecule has 0 aliphatic heterocycles. The van der Waals surface area contributed by atoms with Gasteiger partial charge in [0.1, 0.15) is 63.5 Å². The summed E-state index contributed by atoms with van der Waals surface area (Å²) in [5.74, 6) is -0.287. The molecular weight excluding hydrogens is 1060 g/mol. The van der Waals surface area contributed by atoms with Crippen LogP contribution in [-0.2, 0) is 145 Å². The van der Waals surface area contributed by atoms with E-state index in [1.807, 2.05) is 0 Å². The average Bonchev–Trinajstić information content (AvgIpc) is 2.89. The fourth-order valence-electron chi connectivity index (χ4n) is 2.45. The first-order valence-electron chi connectivity index (χ1n) is 11.0. The molecule has 48 N–H and O–H groups in total. The normalized spacial score (nSPS) is 8.06. The Balaban J connectivity index is -0.0000000237. The Bertz CT molecular complexity index is 1670. The van der Waals surface area contributed by atoms with Gasteiger partial charge in [0.15, 0.2) is 0 Å². The van der Waals surface area contributed by atoms with Crippen LogP contribution in [0.4, 0.5) is 0 Å². The van der Waals surface area contributed by atoms with E-state index < -0.39 is 40.5 Å². The molecule has 0 saturated carbocycles. The second-order valence-electron chi connectivity index (χ2n) is 7.79. The largest absolute Gasteiger partial charge is 2.00 e. The summed E-state index contributed by atoms with van der Waals surface area (Å²) in [5.41, 5.74) is 0. The Morgan fingerprint density at radius 3 is 0.403 bits per heavy atom. The van der Waals surface area contributed by atoms with Crippen LogP contribution in [0.2, 0.25) is 0 Å². The summed E-state index contributed by atoms with van der Waals surface area (Å²) in [5, 5.41) is 34.9. The van der Waals surface area contributed by atoms with Gasteiger partial charge in [-0.3, -0.25) is 0 Å². The van der Waals surface area contributed by atoms with Crippen LogP contribution in [0.15, 0.2) is 117 Å². The van der Waals surface area contributed by atoms with E-state index in [9.17, 15) is 51.9 Å². The molecule has 0 amide bonds. The van der Waals surface area contributed by atoms with Crippen molar-refractivity contribution >= 4 is 40.5 Å². The molecule has 0 fully saturated rings. The number of phenolic OH excluding ortho intramolecular Hbond substituents is 4. The minimum Gasteiger partial charge on any atom is -0.744 e. The summed E-state index contributed by atoms with van der Waals surface area (Å²) in [7, 11) is -17.5. The van der Waals surface area contributed by atoms with Crippen LogP contribution in [-0.4, -0.2) is 94.2 Å². The predicted octanol–water partition coefficient (Wildman–Crippen LogP) is -13.2. The van der Waals surface area contributed by atoms with Gasteiger partial charge >= 0.3 is 39.0 Å². The quantitative estimate of drug-likeness (QED) is 0.0837. The van der Waals surface area contributed by atoms with Gasteiger partial charge in [0.25, 0.3) is 0 Å². The summed E-state index contributed by atoms with van der Waals surface area (Å²) in [6.45, 7) is 0. The topological polar surface area (TPSA) is 832 Å². The number of hydrogen-bond acceptors (Lipinski definition) is 16. The van der Waals surface area contributed by atoms with Crippen molar-refractivity contribution in [3.63, 3.8) is 0 Å². The molecule has 32 nitrogen and oxygen atoms in total. The number of benzene rings is 4. The Morgan fingerprint density at radius 2 is 0.339 bits per heavy atom. The third kappa shape index (κ3) is 47.4. The van der Waals surface area contributed by atoms with Crippen LogP contribution >= 0.6 is 0 Å². The zero-order valence-corrected chi connectivity index (χ0v) is 41.1. The SMILES string of the molecule is O.O.O.O.O=S(=O)([O-])c1ccc(O)cc1.O=S(=O)([O-])c1ccc(O)cc1.O=S(=O)([O-])c1ccc(O)cc1.O=S(=O)([O-])c1ccc(O)cc1.[OH3+].[OH3+].[OH3+].[OH3+].[OH3+].[OH3+].[OH3+].[OH3+].[OH3+].[OH3+].[OH3+].[OH3+].[Zn+2].[Zn+2]. The molecule has 0 radical (unpaired) electrons. The molecule has 0 spiro atoms. The van der Waals surface area contributed by atoms with E-state index in [1.165, 1.54) is 0 Å². The molecule has 0 aliphatic rings. The molecule has 0 unspecified atom stereocenters. The van der Waals surface area contributed by atoms with Crippen molar-refractivity contribution < 1.29 is 199 Å². The maximum atomic E-state index is 10.3. The molecule has 4 aromatic carbocycles. The number of hydrogen-bond donors (Lipinski definition) is 4. The van der Waals surface area contributed by atoms with Crippen LogP contribution in [0.1, 0.15) is 0 Å². The van der Waals surface area contributed by atoms with Gasteiger partial charge in [-0.15, -0.1) is 0 Å². The maximum Gasteiger partial charge on any atom is 2.00 e. The fraction of sp³-hybridized carbons (Fsp3) is 0. The fourth-order valence-corrected chi connectivity index (χ4v) is 4.33. The van der Waals surface area contributed by atoms with Gasteiger partial charge in [0.2, 0.25) is 0 Å². The van der Waals surface area contributed by atoms with E-state index in [4.69, 9.17) is 20.4 Å². The second kappa shape index (κ2) is 50.0. The molecule has 4 rings (SSSR count). The molecule has 4 aromatic rings. The molecule has 0 aliphatic carbocycles. The number of aromatic hydroxyl groups is 4. The van der Waals surface area contributed by atoms with Gasteiger partial charge in [-0.25, -0.2) is 33.7 Å². The minimum absolute atomic E-state index is 0. The molecule has 368 valence electrons. The smallest absolute Gasteiger partial charge is 0.744 e. The molecule has 38 heteroatoms. The van der Waals surface area contributed by atoms with E-state index in [2.05, 4.69) is 0 Å². The Morgan fingerprint density at radius 1 is 0.258 bits per heavy atom. The van der Waals surface area contributed by atoms with Crippen LogP contribution in [0.3, 0.4) is 0 Å². The molecule has 0 heterocycles. The van der Waals surface area contributed by atoms with Crippen molar-refractivity contribution in [1.29, 1.82) is 0 Å². The average molecular weight is 1120 g/mol. The number of rotatable bonds is 4. The van der Waals surface area contributed by atoms with Crippen molar-refractivity contribution in [2.45, 2.75) is 19.6 Å². The first-order chi connectivity index (χ1) is 20.0. The van der Waals surface area contributed by atoms with Crippen molar-refractivity contribution in [2.75, 3.05) is 0 Å². The van der Waals surface area contributed by atoms with Gasteiger partial charge in [-0.2, -0.15) is 0 Å². The molecule has 62 heavy (non-hydrogen) atoms. The second-order valence-corrected chi connectivity index (χ2v) is 13.3. The van der Waals surface area contributed by atoms with Crippen LogP contribution in [0.25, 0.3) is 0 Å². The monoisotopic (exact) mass is 1120 g/mol. The minimum atomic E-state index is -4.38. The van der Waals surface area contributed by atoms with E-state index >= 15 is 0 Å². The molecule has 0 bridgehead atoms. The summed E-state index contributed by atoms with van der Waals surface area (Å²) >= 11 is 0. The van der Waals surface area contributed by atoms with Gasteiger partial charge in [0, 0.05) is 0 Å². The zero-order valence-electron chi connectivity index (χ0n) is 31.9. The maximum absolute atomic E-state index is 10.3. The first kappa shape index (κ1) is 118. The van der Waals surface area contributed by atoms with Crippen molar-refractivity contribution in [1.82, 2.24) is 0 Å². The molecule has 0 aromatic heterocycles. The summed E-state index contributed by atoms with van der Waals surface area (Å²) < 4.78 is 124. The van der Waals surface area contributed by atoms with Crippen molar-refractivity contribution in [3.8, 4) is 23.0 Å². The van der Waals surface area contributed by atoms with Crippen molar-refractivity contribution in [3.05, 3.63) is 97.1 Å². The first-order valence-corrected chi connectivity index (χ1v) is 16.6. The van der Waals surface area contributed by atoms with Gasteiger partial charge in [0.05, 0.1) is 19.6 Å². The predicted molar refractivity (Wildman–Crippen MR) is 217 cm³/mol. The summed E-state index contributed by atoms with van der Waals surface area (Å²) in [4.78, 5) is -1.35. The van der Waals surface area contributed by atoms with Crippen LogP contribution in [0.5, 0.6) is 23.0 Å². The van der Waals surface area contributed by atoms with E-state index in [0.717, 1.165) is 97.1 Å². The van der Waals surface area contributed by atoms with Crippen LogP contribution < -0.4 is 0 Å². The standard InChI is InChI=1S/4C6H6O4S.16H2O.2Zn/c4*7-5-1-3-6(4-2-5)11(8,9)10;;;;;;;;;;;;;;;;;;/h4*1-4,7H,(H,8,9,10);16*1H2;;/q;;;;;;;;;;;;;;;;;;;;2*+2/p+8. The summed E-state index contributed by atoms with van der Waals surface area (Å²) in [6, 6.07) is 17.6. The molecule has 0 saturated heterocycles. The van der Waals surface area contributed by atoms with E-state index in [0.29, 0.717) is 0 Å². The Labute approximate surface area is 377 Å². The van der Waals surface area contributed by atoms with Crippen LogP contribution in [0, 0.1) is 0 Å². The van der Waals surface area contributed by atoms with Gasteiger partial charge < -0.3 is 126 Å². The Hall–Kier alpha value is -3.67. The third-order valence-corrected chi connectivity index (χ3v) is 7.90. The zero-order chi connectivity index (χ0) is 33.9.